The van der Waals surface area contributed by atoms with Crippen molar-refractivity contribution in [2.45, 2.75) is 39.7 Å². The second kappa shape index (κ2) is 11.5. The van der Waals surface area contributed by atoms with Crippen molar-refractivity contribution in [3.63, 3.8) is 0 Å². The molecule has 228 valence electrons. The lowest BCUT2D eigenvalue weighted by atomic mass is 10.0. The van der Waals surface area contributed by atoms with Crippen molar-refractivity contribution >= 4 is 39.7 Å². The van der Waals surface area contributed by atoms with Crippen molar-refractivity contribution in [3.8, 4) is 27.5 Å². The van der Waals surface area contributed by atoms with E-state index >= 15 is 0 Å². The van der Waals surface area contributed by atoms with E-state index in [1.54, 1.807) is 5.06 Å². The van der Waals surface area contributed by atoms with Gasteiger partial charge in [-0.3, -0.25) is 14.2 Å². The number of anilines is 2. The predicted octanol–water partition coefficient (Wildman–Crippen LogP) is 7.93. The Hall–Kier alpha value is -4.94. The molecule has 12 heteroatoms. The Bertz CT molecular complexity index is 2030. The topological polar surface area (TPSA) is 98.3 Å². The molecular formula is C33H28F2N6O3S. The molecule has 1 atom stereocenters. The number of rotatable bonds is 6. The number of carbonyl (C=O) groups excluding carboxylic acids is 1. The molecule has 0 bridgehead atoms. The Morgan fingerprint density at radius 2 is 1.80 bits per heavy atom. The molecule has 1 N–H and O–H groups in total. The first-order valence-corrected chi connectivity index (χ1v) is 15.3. The number of hydrogen-bond acceptors (Lipinski definition) is 8. The summed E-state index contributed by atoms with van der Waals surface area (Å²) in [5.41, 5.74) is 6.94. The fourth-order valence-corrected chi connectivity index (χ4v) is 6.61. The molecule has 1 fully saturated rings. The highest BCUT2D eigenvalue weighted by molar-refractivity contribution is 7.12. The summed E-state index contributed by atoms with van der Waals surface area (Å²) < 4.78 is 35.6. The summed E-state index contributed by atoms with van der Waals surface area (Å²) in [6.07, 6.45) is 1.42. The van der Waals surface area contributed by atoms with E-state index in [-0.39, 0.29) is 5.91 Å². The summed E-state index contributed by atoms with van der Waals surface area (Å²) in [4.78, 5) is 27.6. The summed E-state index contributed by atoms with van der Waals surface area (Å²) in [6.45, 7) is 5.68. The number of imidazole rings is 1. The highest BCUT2D eigenvalue weighted by Crippen LogP contribution is 2.39. The maximum Gasteiger partial charge on any atom is 0.221 e. The van der Waals surface area contributed by atoms with Crippen LogP contribution >= 0.6 is 11.3 Å². The second-order valence-corrected chi connectivity index (χ2v) is 11.7. The molecule has 1 aliphatic rings. The van der Waals surface area contributed by atoms with Gasteiger partial charge in [0.2, 0.25) is 5.91 Å². The Balaban J connectivity index is 1.36. The minimum absolute atomic E-state index is 0.139. The normalized spacial score (nSPS) is 15.1. The van der Waals surface area contributed by atoms with Crippen LogP contribution in [0.1, 0.15) is 43.1 Å². The number of hydroxylamine groups is 1. The fraction of sp³-hybridized carbons (Fsp3) is 0.212. The SMILES string of the molecule is CC(=O)Nc1ccc(-c2csc(-n3c([C@@H]4CCCON4c4ccc(F)c(F)c4)nc4cc(-c5c(C)noc5C)ccc43)n2)cc1. The van der Waals surface area contributed by atoms with E-state index in [0.717, 1.165) is 57.7 Å². The van der Waals surface area contributed by atoms with Gasteiger partial charge in [-0.2, -0.15) is 0 Å². The Labute approximate surface area is 261 Å². The molecule has 1 saturated heterocycles. The zero-order chi connectivity index (χ0) is 31.2. The van der Waals surface area contributed by atoms with E-state index < -0.39 is 17.7 Å². The van der Waals surface area contributed by atoms with Crippen molar-refractivity contribution in [2.75, 3.05) is 17.0 Å². The third-order valence-electron chi connectivity index (χ3n) is 7.78. The van der Waals surface area contributed by atoms with Gasteiger partial charge < -0.3 is 9.84 Å². The van der Waals surface area contributed by atoms with Gasteiger partial charge in [0.1, 0.15) is 17.6 Å². The van der Waals surface area contributed by atoms with Gasteiger partial charge in [0.05, 0.1) is 34.7 Å². The highest BCUT2D eigenvalue weighted by Gasteiger charge is 2.32. The average Bonchev–Trinajstić information content (AvgIpc) is 3.75. The van der Waals surface area contributed by atoms with Gasteiger partial charge in [-0.05, 0) is 68.7 Å². The maximum atomic E-state index is 14.4. The van der Waals surface area contributed by atoms with Crippen molar-refractivity contribution in [1.29, 1.82) is 0 Å². The van der Waals surface area contributed by atoms with Gasteiger partial charge in [0.25, 0.3) is 0 Å². The van der Waals surface area contributed by atoms with Crippen LogP contribution in [0, 0.1) is 25.5 Å². The predicted molar refractivity (Wildman–Crippen MR) is 168 cm³/mol. The largest absolute Gasteiger partial charge is 0.361 e. The first-order valence-electron chi connectivity index (χ1n) is 14.4. The van der Waals surface area contributed by atoms with E-state index in [0.29, 0.717) is 41.1 Å². The van der Waals surface area contributed by atoms with Crippen LogP contribution < -0.4 is 10.4 Å². The number of nitrogens with zero attached hydrogens (tertiary/aromatic N) is 5. The molecule has 0 aliphatic carbocycles. The number of carbonyl (C=O) groups is 1. The van der Waals surface area contributed by atoms with Crippen LogP contribution in [0.2, 0.25) is 0 Å². The standard InChI is InChI=1S/C33H28F2N6O3S/c1-18-31(19(2)44-39-18)22-8-13-29-27(15-22)37-32(30-5-4-14-43-41(30)24-11-12-25(34)26(35)16-24)40(29)33-38-28(17-45-33)21-6-9-23(10-7-21)36-20(3)42/h6-13,15-17,30H,4-5,14H2,1-3H3,(H,36,42)/t30-/m0/s1. The highest BCUT2D eigenvalue weighted by atomic mass is 32.1. The van der Waals surface area contributed by atoms with Crippen LogP contribution in [0.15, 0.2) is 70.6 Å². The Kier molecular flexibility index (Phi) is 7.38. The number of halogens is 2. The van der Waals surface area contributed by atoms with Crippen molar-refractivity contribution in [3.05, 3.63) is 95.0 Å². The van der Waals surface area contributed by atoms with Gasteiger partial charge in [0, 0.05) is 35.2 Å². The van der Waals surface area contributed by atoms with Crippen LogP contribution in [0.3, 0.4) is 0 Å². The molecule has 9 nitrogen and oxygen atoms in total. The smallest absolute Gasteiger partial charge is 0.221 e. The Morgan fingerprint density at radius 1 is 1.00 bits per heavy atom. The van der Waals surface area contributed by atoms with Crippen LogP contribution in [0.5, 0.6) is 0 Å². The van der Waals surface area contributed by atoms with Gasteiger partial charge in [0.15, 0.2) is 16.8 Å². The second-order valence-electron chi connectivity index (χ2n) is 10.9. The van der Waals surface area contributed by atoms with Gasteiger partial charge in [-0.15, -0.1) is 11.3 Å². The lowest BCUT2D eigenvalue weighted by molar-refractivity contribution is -0.114. The summed E-state index contributed by atoms with van der Waals surface area (Å²) in [5, 5.41) is 11.2. The minimum Gasteiger partial charge on any atom is -0.361 e. The van der Waals surface area contributed by atoms with Crippen LogP contribution in [0.25, 0.3) is 38.5 Å². The summed E-state index contributed by atoms with van der Waals surface area (Å²) in [5.74, 6) is -0.642. The molecule has 3 aromatic heterocycles. The zero-order valence-electron chi connectivity index (χ0n) is 24.7. The molecule has 1 aliphatic heterocycles. The van der Waals surface area contributed by atoms with E-state index in [2.05, 4.69) is 10.5 Å². The number of hydrogen-bond donors (Lipinski definition) is 1. The maximum absolute atomic E-state index is 14.4. The van der Waals surface area contributed by atoms with Gasteiger partial charge in [-0.1, -0.05) is 23.4 Å². The molecular weight excluding hydrogens is 598 g/mol. The monoisotopic (exact) mass is 626 g/mol. The quantitative estimate of drug-likeness (QED) is 0.200. The number of thiazole rings is 1. The van der Waals surface area contributed by atoms with Gasteiger partial charge in [-0.25, -0.2) is 23.8 Å². The van der Waals surface area contributed by atoms with E-state index in [4.69, 9.17) is 19.3 Å². The number of nitrogens with one attached hydrogen (secondary N) is 1. The lowest BCUT2D eigenvalue weighted by Crippen LogP contribution is -2.35. The lowest BCUT2D eigenvalue weighted by Gasteiger charge is -2.35. The van der Waals surface area contributed by atoms with Crippen molar-refractivity contribution < 1.29 is 22.9 Å². The number of benzene rings is 3. The summed E-state index contributed by atoms with van der Waals surface area (Å²) in [7, 11) is 0. The molecule has 0 radical (unpaired) electrons. The molecule has 0 saturated carbocycles. The number of amides is 1. The molecule has 45 heavy (non-hydrogen) atoms. The minimum atomic E-state index is -0.952. The Morgan fingerprint density at radius 3 is 2.53 bits per heavy atom. The third-order valence-corrected chi connectivity index (χ3v) is 8.60. The fourth-order valence-electron chi connectivity index (χ4n) is 5.76. The molecule has 0 unspecified atom stereocenters. The molecule has 7 rings (SSSR count). The third kappa shape index (κ3) is 5.36. The van der Waals surface area contributed by atoms with Crippen molar-refractivity contribution in [2.24, 2.45) is 0 Å². The molecule has 0 spiro atoms. The first-order chi connectivity index (χ1) is 21.8. The van der Waals surface area contributed by atoms with E-state index in [9.17, 15) is 13.6 Å². The first kappa shape index (κ1) is 28.8. The molecule has 3 aromatic carbocycles. The van der Waals surface area contributed by atoms with E-state index in [1.165, 1.54) is 24.3 Å². The number of fused-ring (bicyclic) bond motifs is 1. The number of aryl methyl sites for hydroxylation is 2. The molecule has 4 heterocycles. The summed E-state index contributed by atoms with van der Waals surface area (Å²) in [6, 6.07) is 16.8. The van der Waals surface area contributed by atoms with Gasteiger partial charge >= 0.3 is 0 Å². The average molecular weight is 627 g/mol. The van der Waals surface area contributed by atoms with Crippen LogP contribution in [-0.2, 0) is 9.63 Å². The zero-order valence-corrected chi connectivity index (χ0v) is 25.5. The number of aromatic nitrogens is 4. The molecule has 6 aromatic rings. The van der Waals surface area contributed by atoms with Crippen molar-refractivity contribution in [1.82, 2.24) is 19.7 Å². The van der Waals surface area contributed by atoms with Crippen LogP contribution in [0.4, 0.5) is 20.2 Å². The molecule has 1 amide bonds. The summed E-state index contributed by atoms with van der Waals surface area (Å²) >= 11 is 1.47. The van der Waals surface area contributed by atoms with Crippen LogP contribution in [-0.4, -0.2) is 32.2 Å². The van der Waals surface area contributed by atoms with E-state index in [1.807, 2.05) is 66.3 Å².